The average molecular weight is 257 g/mol. The van der Waals surface area contributed by atoms with Gasteiger partial charge in [0, 0.05) is 11.7 Å². The van der Waals surface area contributed by atoms with Gasteiger partial charge in [0.05, 0.1) is 11.6 Å². The van der Waals surface area contributed by atoms with Crippen molar-refractivity contribution in [2.45, 2.75) is 31.7 Å². The van der Waals surface area contributed by atoms with Crippen LogP contribution in [0.1, 0.15) is 31.2 Å². The zero-order chi connectivity index (χ0) is 13.7. The molecule has 0 aromatic heterocycles. The Morgan fingerprint density at radius 2 is 1.95 bits per heavy atom. The van der Waals surface area contributed by atoms with Gasteiger partial charge in [-0.05, 0) is 31.0 Å². The summed E-state index contributed by atoms with van der Waals surface area (Å²) in [6, 6.07) is 8.55. The second-order valence-electron chi connectivity index (χ2n) is 4.60. The Labute approximate surface area is 111 Å². The lowest BCUT2D eigenvalue weighted by molar-refractivity contribution is -0.136. The van der Waals surface area contributed by atoms with E-state index < -0.39 is 11.8 Å². The molecular formula is C14H15N3O2. The molecule has 5 heteroatoms. The first kappa shape index (κ1) is 13.1. The Morgan fingerprint density at radius 3 is 2.63 bits per heavy atom. The summed E-state index contributed by atoms with van der Waals surface area (Å²) < 4.78 is 0. The van der Waals surface area contributed by atoms with Crippen LogP contribution in [-0.4, -0.2) is 17.9 Å². The van der Waals surface area contributed by atoms with Gasteiger partial charge in [0.2, 0.25) is 0 Å². The third-order valence-electron chi connectivity index (χ3n) is 3.15. The van der Waals surface area contributed by atoms with Crippen molar-refractivity contribution >= 4 is 17.5 Å². The topological polar surface area (TPSA) is 82.0 Å². The lowest BCUT2D eigenvalue weighted by atomic mass is 10.2. The van der Waals surface area contributed by atoms with Gasteiger partial charge in [-0.2, -0.15) is 5.26 Å². The Balaban J connectivity index is 1.92. The largest absolute Gasteiger partial charge is 0.345 e. The molecule has 5 nitrogen and oxygen atoms in total. The zero-order valence-corrected chi connectivity index (χ0v) is 10.5. The molecule has 98 valence electrons. The number of nitriles is 1. The number of benzene rings is 1. The van der Waals surface area contributed by atoms with Crippen molar-refractivity contribution in [1.29, 1.82) is 5.26 Å². The second-order valence-corrected chi connectivity index (χ2v) is 4.60. The summed E-state index contributed by atoms with van der Waals surface area (Å²) in [4.78, 5) is 23.4. The molecule has 1 fully saturated rings. The van der Waals surface area contributed by atoms with Gasteiger partial charge in [0.15, 0.2) is 0 Å². The van der Waals surface area contributed by atoms with Crippen LogP contribution in [0.4, 0.5) is 5.69 Å². The maximum absolute atomic E-state index is 11.7. The number of amides is 2. The van der Waals surface area contributed by atoms with E-state index in [1.54, 1.807) is 18.2 Å². The number of carbonyl (C=O) groups is 2. The third-order valence-corrected chi connectivity index (χ3v) is 3.15. The predicted octanol–water partition coefficient (Wildman–Crippen LogP) is 1.56. The van der Waals surface area contributed by atoms with E-state index in [2.05, 4.69) is 10.6 Å². The molecule has 1 aromatic rings. The molecule has 1 aliphatic rings. The summed E-state index contributed by atoms with van der Waals surface area (Å²) in [5, 5.41) is 14.0. The van der Waals surface area contributed by atoms with Gasteiger partial charge < -0.3 is 10.6 Å². The molecule has 0 spiro atoms. The summed E-state index contributed by atoms with van der Waals surface area (Å²) >= 11 is 0. The van der Waals surface area contributed by atoms with Crippen molar-refractivity contribution < 1.29 is 9.59 Å². The van der Waals surface area contributed by atoms with Crippen LogP contribution < -0.4 is 10.6 Å². The molecule has 19 heavy (non-hydrogen) atoms. The van der Waals surface area contributed by atoms with Crippen LogP contribution in [0.25, 0.3) is 0 Å². The summed E-state index contributed by atoms with van der Waals surface area (Å²) in [5.74, 6) is -1.31. The number of hydrogen-bond acceptors (Lipinski definition) is 3. The molecule has 0 unspecified atom stereocenters. The molecule has 1 aromatic carbocycles. The highest BCUT2D eigenvalue weighted by atomic mass is 16.2. The molecule has 0 atom stereocenters. The van der Waals surface area contributed by atoms with Crippen molar-refractivity contribution in [3.63, 3.8) is 0 Å². The molecule has 2 N–H and O–H groups in total. The Hall–Kier alpha value is -2.35. The van der Waals surface area contributed by atoms with E-state index in [1.165, 1.54) is 6.07 Å². The summed E-state index contributed by atoms with van der Waals surface area (Å²) in [6.45, 7) is 0. The van der Waals surface area contributed by atoms with E-state index in [-0.39, 0.29) is 6.04 Å². The maximum Gasteiger partial charge on any atom is 0.313 e. The number of rotatable bonds is 2. The molecule has 2 rings (SSSR count). The van der Waals surface area contributed by atoms with Crippen molar-refractivity contribution in [1.82, 2.24) is 5.32 Å². The van der Waals surface area contributed by atoms with Crippen LogP contribution >= 0.6 is 0 Å². The minimum Gasteiger partial charge on any atom is -0.345 e. The van der Waals surface area contributed by atoms with Crippen molar-refractivity contribution in [3.8, 4) is 6.07 Å². The minimum atomic E-state index is -0.693. The molecule has 1 saturated carbocycles. The first-order chi connectivity index (χ1) is 9.19. The van der Waals surface area contributed by atoms with Crippen molar-refractivity contribution in [2.24, 2.45) is 0 Å². The summed E-state index contributed by atoms with van der Waals surface area (Å²) in [7, 11) is 0. The third kappa shape index (κ3) is 3.55. The van der Waals surface area contributed by atoms with Gasteiger partial charge in [-0.15, -0.1) is 0 Å². The Morgan fingerprint density at radius 1 is 1.21 bits per heavy atom. The summed E-state index contributed by atoms with van der Waals surface area (Å²) in [5.41, 5.74) is 0.889. The molecule has 0 radical (unpaired) electrons. The lowest BCUT2D eigenvalue weighted by Crippen LogP contribution is -2.40. The van der Waals surface area contributed by atoms with Gasteiger partial charge in [0.25, 0.3) is 0 Å². The lowest BCUT2D eigenvalue weighted by Gasteiger charge is -2.11. The predicted molar refractivity (Wildman–Crippen MR) is 70.2 cm³/mol. The van der Waals surface area contributed by atoms with Crippen LogP contribution in [0.5, 0.6) is 0 Å². The SMILES string of the molecule is N#Cc1cccc(NC(=O)C(=O)NC2CCCC2)c1. The van der Waals surface area contributed by atoms with E-state index in [1.807, 2.05) is 6.07 Å². The van der Waals surface area contributed by atoms with E-state index in [0.717, 1.165) is 25.7 Å². The van der Waals surface area contributed by atoms with Crippen LogP contribution in [-0.2, 0) is 9.59 Å². The number of hydrogen-bond donors (Lipinski definition) is 2. The number of nitrogens with one attached hydrogen (secondary N) is 2. The molecule has 0 heterocycles. The molecule has 0 bridgehead atoms. The maximum atomic E-state index is 11.7. The fourth-order valence-electron chi connectivity index (χ4n) is 2.18. The number of nitrogens with zero attached hydrogens (tertiary/aromatic N) is 1. The minimum absolute atomic E-state index is 0.115. The molecule has 2 amide bonds. The highest BCUT2D eigenvalue weighted by Gasteiger charge is 2.21. The highest BCUT2D eigenvalue weighted by Crippen LogP contribution is 2.17. The van der Waals surface area contributed by atoms with Gasteiger partial charge in [0.1, 0.15) is 0 Å². The average Bonchev–Trinajstić information content (AvgIpc) is 2.91. The molecule has 0 aliphatic heterocycles. The monoisotopic (exact) mass is 257 g/mol. The Bertz CT molecular complexity index is 528. The fourth-order valence-corrected chi connectivity index (χ4v) is 2.18. The van der Waals surface area contributed by atoms with Gasteiger partial charge in [-0.1, -0.05) is 18.9 Å². The number of carbonyl (C=O) groups excluding carboxylic acids is 2. The molecular weight excluding hydrogens is 242 g/mol. The quantitative estimate of drug-likeness (QED) is 0.789. The van der Waals surface area contributed by atoms with Gasteiger partial charge in [-0.3, -0.25) is 9.59 Å². The van der Waals surface area contributed by atoms with Gasteiger partial charge in [-0.25, -0.2) is 0 Å². The first-order valence-corrected chi connectivity index (χ1v) is 6.31. The molecule has 0 saturated heterocycles. The number of anilines is 1. The van der Waals surface area contributed by atoms with Crippen LogP contribution in [0.3, 0.4) is 0 Å². The zero-order valence-electron chi connectivity index (χ0n) is 10.5. The Kier molecular flexibility index (Phi) is 4.14. The molecule has 1 aliphatic carbocycles. The van der Waals surface area contributed by atoms with Crippen LogP contribution in [0.2, 0.25) is 0 Å². The standard InChI is InChI=1S/C14H15N3O2/c15-9-10-4-3-7-12(8-10)17-14(19)13(18)16-11-5-1-2-6-11/h3-4,7-8,11H,1-2,5-6H2,(H,16,18)(H,17,19). The van der Waals surface area contributed by atoms with Crippen LogP contribution in [0.15, 0.2) is 24.3 Å². The van der Waals surface area contributed by atoms with E-state index in [9.17, 15) is 9.59 Å². The van der Waals surface area contributed by atoms with E-state index in [4.69, 9.17) is 5.26 Å². The first-order valence-electron chi connectivity index (χ1n) is 6.31. The van der Waals surface area contributed by atoms with Crippen LogP contribution in [0, 0.1) is 11.3 Å². The van der Waals surface area contributed by atoms with Crippen molar-refractivity contribution in [2.75, 3.05) is 5.32 Å². The fraction of sp³-hybridized carbons (Fsp3) is 0.357. The van der Waals surface area contributed by atoms with E-state index in [0.29, 0.717) is 11.3 Å². The van der Waals surface area contributed by atoms with Gasteiger partial charge >= 0.3 is 11.8 Å². The van der Waals surface area contributed by atoms with E-state index >= 15 is 0 Å². The summed E-state index contributed by atoms with van der Waals surface area (Å²) in [6.07, 6.45) is 4.05. The second kappa shape index (κ2) is 6.01. The normalized spacial score (nSPS) is 14.7. The van der Waals surface area contributed by atoms with Crippen molar-refractivity contribution in [3.05, 3.63) is 29.8 Å². The highest BCUT2D eigenvalue weighted by molar-refractivity contribution is 6.39. The smallest absolute Gasteiger partial charge is 0.313 e.